The first kappa shape index (κ1) is 20.5. The van der Waals surface area contributed by atoms with E-state index in [1.165, 1.54) is 11.1 Å². The van der Waals surface area contributed by atoms with Gasteiger partial charge in [-0.05, 0) is 30.2 Å². The summed E-state index contributed by atoms with van der Waals surface area (Å²) in [5, 5.41) is 4.72. The van der Waals surface area contributed by atoms with Crippen LogP contribution in [-0.4, -0.2) is 7.11 Å². The van der Waals surface area contributed by atoms with E-state index in [9.17, 15) is 0 Å². The molecule has 3 aromatic rings. The molecule has 0 fully saturated rings. The number of benzene rings is 3. The van der Waals surface area contributed by atoms with E-state index < -0.39 is 0 Å². The predicted molar refractivity (Wildman–Crippen MR) is 116 cm³/mol. The Bertz CT molecular complexity index is 926. The summed E-state index contributed by atoms with van der Waals surface area (Å²) in [6, 6.07) is 19.8. The quantitative estimate of drug-likeness (QED) is 0.476. The highest BCUT2D eigenvalue weighted by Crippen LogP contribution is 2.34. The fourth-order valence-electron chi connectivity index (χ4n) is 2.80. The van der Waals surface area contributed by atoms with Gasteiger partial charge in [0.1, 0.15) is 6.61 Å². The highest BCUT2D eigenvalue weighted by Gasteiger charge is 2.11. The highest BCUT2D eigenvalue weighted by molar-refractivity contribution is 6.31. The maximum Gasteiger partial charge on any atom is 0.163 e. The third kappa shape index (κ3) is 5.41. The van der Waals surface area contributed by atoms with Gasteiger partial charge in [0.2, 0.25) is 0 Å². The van der Waals surface area contributed by atoms with Crippen molar-refractivity contribution in [2.45, 2.75) is 26.6 Å². The van der Waals surface area contributed by atoms with Gasteiger partial charge < -0.3 is 14.8 Å². The first-order valence-corrected chi connectivity index (χ1v) is 9.81. The molecule has 0 heterocycles. The summed E-state index contributed by atoms with van der Waals surface area (Å²) < 4.78 is 11.4. The van der Waals surface area contributed by atoms with Gasteiger partial charge in [-0.3, -0.25) is 0 Å². The lowest BCUT2D eigenvalue weighted by molar-refractivity contribution is 0.284. The van der Waals surface area contributed by atoms with Crippen LogP contribution >= 0.6 is 23.2 Å². The first-order chi connectivity index (χ1) is 13.6. The lowest BCUT2D eigenvalue weighted by Crippen LogP contribution is -2.13. The summed E-state index contributed by atoms with van der Waals surface area (Å²) in [6.07, 6.45) is 0. The van der Waals surface area contributed by atoms with Crippen molar-refractivity contribution in [3.05, 3.63) is 93.0 Å². The summed E-state index contributed by atoms with van der Waals surface area (Å²) in [6.45, 7) is 3.83. The van der Waals surface area contributed by atoms with E-state index in [0.717, 1.165) is 17.7 Å². The van der Waals surface area contributed by atoms with Gasteiger partial charge in [-0.25, -0.2) is 0 Å². The minimum Gasteiger partial charge on any atom is -0.493 e. The molecule has 0 radical (unpaired) electrons. The molecule has 0 aromatic heterocycles. The second-order valence-corrected chi connectivity index (χ2v) is 7.38. The smallest absolute Gasteiger partial charge is 0.163 e. The van der Waals surface area contributed by atoms with Crippen LogP contribution in [0.5, 0.6) is 11.5 Å². The Labute approximate surface area is 176 Å². The van der Waals surface area contributed by atoms with Crippen molar-refractivity contribution in [3.63, 3.8) is 0 Å². The van der Waals surface area contributed by atoms with Crippen LogP contribution in [0.15, 0.2) is 60.7 Å². The summed E-state index contributed by atoms with van der Waals surface area (Å²) in [7, 11) is 1.62. The van der Waals surface area contributed by atoms with Gasteiger partial charge in [0, 0.05) is 34.8 Å². The Kier molecular flexibility index (Phi) is 7.21. The number of rotatable bonds is 8. The lowest BCUT2D eigenvalue weighted by Gasteiger charge is -2.15. The number of hydrogen-bond acceptors (Lipinski definition) is 3. The topological polar surface area (TPSA) is 30.5 Å². The fraction of sp³-hybridized carbons (Fsp3) is 0.217. The second kappa shape index (κ2) is 9.83. The summed E-state index contributed by atoms with van der Waals surface area (Å²) >= 11 is 12.7. The van der Waals surface area contributed by atoms with Crippen molar-refractivity contribution in [2.24, 2.45) is 0 Å². The number of nitrogens with one attached hydrogen (secondary N) is 1. The molecule has 0 unspecified atom stereocenters. The Morgan fingerprint density at radius 1 is 0.821 bits per heavy atom. The molecular weight excluding hydrogens is 393 g/mol. The van der Waals surface area contributed by atoms with E-state index >= 15 is 0 Å². The van der Waals surface area contributed by atoms with E-state index in [2.05, 4.69) is 36.5 Å². The minimum absolute atomic E-state index is 0.345. The predicted octanol–water partition coefficient (Wildman–Crippen LogP) is 6.18. The van der Waals surface area contributed by atoms with Crippen molar-refractivity contribution < 1.29 is 9.47 Å². The summed E-state index contributed by atoms with van der Waals surface area (Å²) in [4.78, 5) is 0. The van der Waals surface area contributed by atoms with Gasteiger partial charge in [0.25, 0.3) is 0 Å². The van der Waals surface area contributed by atoms with Crippen LogP contribution in [0.3, 0.4) is 0 Å². The van der Waals surface area contributed by atoms with Crippen LogP contribution in [0.4, 0.5) is 0 Å². The molecule has 0 amide bonds. The van der Waals surface area contributed by atoms with Gasteiger partial charge in [0.15, 0.2) is 11.5 Å². The third-order valence-electron chi connectivity index (χ3n) is 4.44. The minimum atomic E-state index is 0.345. The number of hydrogen-bond donors (Lipinski definition) is 1. The molecule has 28 heavy (non-hydrogen) atoms. The van der Waals surface area contributed by atoms with E-state index in [4.69, 9.17) is 32.7 Å². The first-order valence-electron chi connectivity index (χ1n) is 9.05. The molecule has 3 nitrogen and oxygen atoms in total. The maximum atomic E-state index is 6.47. The van der Waals surface area contributed by atoms with Crippen LogP contribution in [0.25, 0.3) is 0 Å². The number of aryl methyl sites for hydroxylation is 1. The van der Waals surface area contributed by atoms with Gasteiger partial charge >= 0.3 is 0 Å². The van der Waals surface area contributed by atoms with Crippen LogP contribution in [0, 0.1) is 6.92 Å². The molecule has 0 bridgehead atoms. The number of ether oxygens (including phenoxy) is 2. The monoisotopic (exact) mass is 415 g/mol. The molecule has 0 aliphatic rings. The molecule has 0 aliphatic heterocycles. The van der Waals surface area contributed by atoms with E-state index in [-0.39, 0.29) is 0 Å². The summed E-state index contributed by atoms with van der Waals surface area (Å²) in [5.41, 5.74) is 4.35. The van der Waals surface area contributed by atoms with E-state index in [1.807, 2.05) is 30.3 Å². The van der Waals surface area contributed by atoms with Gasteiger partial charge in [-0.2, -0.15) is 0 Å². The van der Waals surface area contributed by atoms with Crippen molar-refractivity contribution in [1.29, 1.82) is 0 Å². The summed E-state index contributed by atoms with van der Waals surface area (Å²) in [5.74, 6) is 1.23. The zero-order valence-corrected chi connectivity index (χ0v) is 17.5. The molecule has 3 aromatic carbocycles. The number of halogens is 2. The second-order valence-electron chi connectivity index (χ2n) is 6.56. The van der Waals surface area contributed by atoms with Crippen LogP contribution in [-0.2, 0) is 19.7 Å². The molecule has 0 atom stereocenters. The lowest BCUT2D eigenvalue weighted by atomic mass is 10.1. The van der Waals surface area contributed by atoms with Crippen molar-refractivity contribution in [1.82, 2.24) is 5.32 Å². The number of methoxy groups -OCH3 is 1. The SMILES string of the molecule is COc1cc(CNCc2ccc(C)cc2)c(Cl)cc1OCc1ccccc1Cl. The van der Waals surface area contributed by atoms with Crippen molar-refractivity contribution >= 4 is 23.2 Å². The Balaban J connectivity index is 1.65. The van der Waals surface area contributed by atoms with Gasteiger partial charge in [-0.15, -0.1) is 0 Å². The molecule has 0 saturated heterocycles. The Morgan fingerprint density at radius 2 is 1.57 bits per heavy atom. The standard InChI is InChI=1S/C23H23Cl2NO2/c1-16-7-9-17(10-8-16)13-26-14-19-11-22(27-2)23(12-21(19)25)28-15-18-5-3-4-6-20(18)24/h3-12,26H,13-15H2,1-2H3. The van der Waals surface area contributed by atoms with E-state index in [0.29, 0.717) is 34.7 Å². The molecule has 146 valence electrons. The molecule has 5 heteroatoms. The van der Waals surface area contributed by atoms with Gasteiger partial charge in [-0.1, -0.05) is 71.2 Å². The van der Waals surface area contributed by atoms with Crippen LogP contribution in [0.1, 0.15) is 22.3 Å². The fourth-order valence-corrected chi connectivity index (χ4v) is 3.21. The molecular formula is C23H23Cl2NO2. The maximum absolute atomic E-state index is 6.47. The zero-order chi connectivity index (χ0) is 19.9. The zero-order valence-electron chi connectivity index (χ0n) is 16.0. The van der Waals surface area contributed by atoms with E-state index in [1.54, 1.807) is 13.2 Å². The molecule has 0 spiro atoms. The van der Waals surface area contributed by atoms with Gasteiger partial charge in [0.05, 0.1) is 7.11 Å². The van der Waals surface area contributed by atoms with Crippen molar-refractivity contribution in [2.75, 3.05) is 7.11 Å². The largest absolute Gasteiger partial charge is 0.493 e. The molecule has 0 aliphatic carbocycles. The molecule has 0 saturated carbocycles. The molecule has 3 rings (SSSR count). The average Bonchev–Trinajstić information content (AvgIpc) is 2.70. The van der Waals surface area contributed by atoms with Crippen LogP contribution in [0.2, 0.25) is 10.0 Å². The molecule has 1 N–H and O–H groups in total. The van der Waals surface area contributed by atoms with Crippen LogP contribution < -0.4 is 14.8 Å². The third-order valence-corrected chi connectivity index (χ3v) is 5.16. The Morgan fingerprint density at radius 3 is 2.29 bits per heavy atom. The van der Waals surface area contributed by atoms with Crippen molar-refractivity contribution in [3.8, 4) is 11.5 Å². The highest BCUT2D eigenvalue weighted by atomic mass is 35.5. The normalized spacial score (nSPS) is 10.7. The Hall–Kier alpha value is -2.20. The average molecular weight is 416 g/mol.